The second-order valence-electron chi connectivity index (χ2n) is 3.44. The van der Waals surface area contributed by atoms with Gasteiger partial charge in [0.15, 0.2) is 0 Å². The lowest BCUT2D eigenvalue weighted by atomic mass is 10.0. The van der Waals surface area contributed by atoms with Crippen molar-refractivity contribution >= 4 is 0 Å². The van der Waals surface area contributed by atoms with Gasteiger partial charge in [-0.3, -0.25) is 0 Å². The van der Waals surface area contributed by atoms with Gasteiger partial charge < -0.3 is 5.11 Å². The molecule has 0 aliphatic heterocycles. The fourth-order valence-electron chi connectivity index (χ4n) is 0.895. The summed E-state index contributed by atoms with van der Waals surface area (Å²) in [5.74, 6) is 0.341. The Morgan fingerprint density at radius 2 is 1.67 bits per heavy atom. The molecule has 0 bridgehead atoms. The van der Waals surface area contributed by atoms with E-state index < -0.39 is 18.7 Å². The van der Waals surface area contributed by atoms with E-state index in [-0.39, 0.29) is 6.42 Å². The Bertz CT molecular complexity index is 120. The summed E-state index contributed by atoms with van der Waals surface area (Å²) >= 11 is 0. The fourth-order valence-corrected chi connectivity index (χ4v) is 0.895. The van der Waals surface area contributed by atoms with Crippen molar-refractivity contribution < 1.29 is 18.3 Å². The first-order valence-corrected chi connectivity index (χ1v) is 4.06. The van der Waals surface area contributed by atoms with E-state index in [0.717, 1.165) is 0 Å². The van der Waals surface area contributed by atoms with E-state index in [4.69, 9.17) is 5.11 Å². The topological polar surface area (TPSA) is 20.2 Å². The quantitative estimate of drug-likeness (QED) is 0.712. The zero-order valence-electron chi connectivity index (χ0n) is 7.36. The highest BCUT2D eigenvalue weighted by atomic mass is 19.4. The zero-order chi connectivity index (χ0) is 9.78. The van der Waals surface area contributed by atoms with Crippen LogP contribution >= 0.6 is 0 Å². The van der Waals surface area contributed by atoms with E-state index in [0.29, 0.717) is 12.3 Å². The molecule has 0 aromatic rings. The molecule has 0 aliphatic rings. The van der Waals surface area contributed by atoms with E-state index in [1.54, 1.807) is 0 Å². The molecule has 4 heteroatoms. The molecule has 12 heavy (non-hydrogen) atoms. The molecule has 0 rings (SSSR count). The molecule has 0 aromatic carbocycles. The summed E-state index contributed by atoms with van der Waals surface area (Å²) in [5, 5.41) is 8.91. The van der Waals surface area contributed by atoms with Crippen LogP contribution in [0.25, 0.3) is 0 Å². The molecule has 1 nitrogen and oxygen atoms in total. The van der Waals surface area contributed by atoms with E-state index in [1.165, 1.54) is 0 Å². The molecule has 1 atom stereocenters. The zero-order valence-corrected chi connectivity index (χ0v) is 7.36. The molecule has 74 valence electrons. The SMILES string of the molecule is CC(C)CCC(O)CC(F)(F)F. The van der Waals surface area contributed by atoms with Crippen LogP contribution in [-0.4, -0.2) is 17.4 Å². The molecule has 0 radical (unpaired) electrons. The van der Waals surface area contributed by atoms with Crippen molar-refractivity contribution in [3.05, 3.63) is 0 Å². The van der Waals surface area contributed by atoms with E-state index in [9.17, 15) is 13.2 Å². The van der Waals surface area contributed by atoms with Crippen molar-refractivity contribution in [2.45, 2.75) is 45.4 Å². The van der Waals surface area contributed by atoms with Gasteiger partial charge in [0.05, 0.1) is 12.5 Å². The average molecular weight is 184 g/mol. The van der Waals surface area contributed by atoms with Crippen molar-refractivity contribution in [1.29, 1.82) is 0 Å². The Kier molecular flexibility index (Phi) is 4.60. The minimum atomic E-state index is -4.24. The maximum Gasteiger partial charge on any atom is 0.391 e. The number of alkyl halides is 3. The van der Waals surface area contributed by atoms with Gasteiger partial charge in [-0.15, -0.1) is 0 Å². The Morgan fingerprint density at radius 3 is 2.00 bits per heavy atom. The summed E-state index contributed by atoms with van der Waals surface area (Å²) in [7, 11) is 0. The number of hydrogen-bond acceptors (Lipinski definition) is 1. The lowest BCUT2D eigenvalue weighted by molar-refractivity contribution is -0.154. The summed E-state index contributed by atoms with van der Waals surface area (Å²) < 4.78 is 35.0. The number of rotatable bonds is 4. The average Bonchev–Trinajstić information content (AvgIpc) is 1.79. The summed E-state index contributed by atoms with van der Waals surface area (Å²) in [5.41, 5.74) is 0. The van der Waals surface area contributed by atoms with Crippen LogP contribution < -0.4 is 0 Å². The van der Waals surface area contributed by atoms with Crippen molar-refractivity contribution in [2.24, 2.45) is 5.92 Å². The van der Waals surface area contributed by atoms with Crippen molar-refractivity contribution in [2.75, 3.05) is 0 Å². The summed E-state index contributed by atoms with van der Waals surface area (Å²) in [4.78, 5) is 0. The van der Waals surface area contributed by atoms with Gasteiger partial charge in [0.1, 0.15) is 0 Å². The second kappa shape index (κ2) is 4.70. The van der Waals surface area contributed by atoms with Gasteiger partial charge in [0.2, 0.25) is 0 Å². The summed E-state index contributed by atoms with van der Waals surface area (Å²) in [6.07, 6.45) is -5.68. The summed E-state index contributed by atoms with van der Waals surface area (Å²) in [6, 6.07) is 0. The van der Waals surface area contributed by atoms with Gasteiger partial charge in [-0.2, -0.15) is 13.2 Å². The second-order valence-corrected chi connectivity index (χ2v) is 3.44. The van der Waals surface area contributed by atoms with Gasteiger partial charge >= 0.3 is 6.18 Å². The minimum Gasteiger partial charge on any atom is -0.393 e. The maximum absolute atomic E-state index is 11.7. The maximum atomic E-state index is 11.7. The van der Waals surface area contributed by atoms with Crippen LogP contribution in [0.3, 0.4) is 0 Å². The summed E-state index contributed by atoms with van der Waals surface area (Å²) in [6.45, 7) is 3.83. The predicted molar refractivity (Wildman–Crippen MR) is 40.8 cm³/mol. The lowest BCUT2D eigenvalue weighted by Gasteiger charge is -2.13. The van der Waals surface area contributed by atoms with Gasteiger partial charge in [-0.05, 0) is 18.8 Å². The largest absolute Gasteiger partial charge is 0.393 e. The Morgan fingerprint density at radius 1 is 1.17 bits per heavy atom. The first-order chi connectivity index (χ1) is 5.31. The number of aliphatic hydroxyl groups excluding tert-OH is 1. The highest BCUT2D eigenvalue weighted by molar-refractivity contribution is 4.62. The highest BCUT2D eigenvalue weighted by Crippen LogP contribution is 2.23. The highest BCUT2D eigenvalue weighted by Gasteiger charge is 2.30. The van der Waals surface area contributed by atoms with Crippen LogP contribution in [0, 0.1) is 5.92 Å². The van der Waals surface area contributed by atoms with Gasteiger partial charge in [-0.25, -0.2) is 0 Å². The number of halogens is 3. The number of hydrogen-bond donors (Lipinski definition) is 1. The van der Waals surface area contributed by atoms with Crippen LogP contribution in [0.5, 0.6) is 0 Å². The van der Waals surface area contributed by atoms with Crippen LogP contribution in [0.1, 0.15) is 33.1 Å². The molecule has 1 unspecified atom stereocenters. The fraction of sp³-hybridized carbons (Fsp3) is 1.00. The molecule has 0 spiro atoms. The molecular weight excluding hydrogens is 169 g/mol. The van der Waals surface area contributed by atoms with E-state index in [2.05, 4.69) is 0 Å². The third kappa shape index (κ3) is 7.85. The van der Waals surface area contributed by atoms with E-state index in [1.807, 2.05) is 13.8 Å². The monoisotopic (exact) mass is 184 g/mol. The Balaban J connectivity index is 3.53. The first-order valence-electron chi connectivity index (χ1n) is 4.06. The Labute approximate surface area is 70.6 Å². The van der Waals surface area contributed by atoms with Crippen molar-refractivity contribution in [1.82, 2.24) is 0 Å². The molecule has 1 N–H and O–H groups in total. The molecule has 0 amide bonds. The Hall–Kier alpha value is -0.250. The smallest absolute Gasteiger partial charge is 0.391 e. The van der Waals surface area contributed by atoms with Crippen molar-refractivity contribution in [3.8, 4) is 0 Å². The predicted octanol–water partition coefficient (Wildman–Crippen LogP) is 2.74. The van der Waals surface area contributed by atoms with Gasteiger partial charge in [0, 0.05) is 0 Å². The van der Waals surface area contributed by atoms with Crippen LogP contribution in [-0.2, 0) is 0 Å². The number of aliphatic hydroxyl groups is 1. The standard InChI is InChI=1S/C8H15F3O/c1-6(2)3-4-7(12)5-8(9,10)11/h6-7,12H,3-5H2,1-2H3. The molecule has 0 aromatic heterocycles. The molecule has 0 saturated carbocycles. The lowest BCUT2D eigenvalue weighted by Crippen LogP contribution is -2.19. The minimum absolute atomic E-state index is 0.233. The molecule has 0 saturated heterocycles. The normalized spacial score (nSPS) is 15.2. The van der Waals surface area contributed by atoms with Crippen LogP contribution in [0.2, 0.25) is 0 Å². The molecule has 0 aliphatic carbocycles. The van der Waals surface area contributed by atoms with E-state index >= 15 is 0 Å². The molecule has 0 fully saturated rings. The van der Waals surface area contributed by atoms with Gasteiger partial charge in [0.25, 0.3) is 0 Å². The van der Waals surface area contributed by atoms with Crippen molar-refractivity contribution in [3.63, 3.8) is 0 Å². The van der Waals surface area contributed by atoms with Gasteiger partial charge in [-0.1, -0.05) is 13.8 Å². The third-order valence-corrected chi connectivity index (χ3v) is 1.54. The molecular formula is C8H15F3O. The third-order valence-electron chi connectivity index (χ3n) is 1.54. The first kappa shape index (κ1) is 11.8. The van der Waals surface area contributed by atoms with Crippen LogP contribution in [0.4, 0.5) is 13.2 Å². The van der Waals surface area contributed by atoms with Crippen LogP contribution in [0.15, 0.2) is 0 Å². The molecule has 0 heterocycles.